The fourth-order valence-corrected chi connectivity index (χ4v) is 7.33. The summed E-state index contributed by atoms with van der Waals surface area (Å²) in [5.74, 6) is -1.91. The van der Waals surface area contributed by atoms with E-state index in [0.717, 1.165) is 5.56 Å². The van der Waals surface area contributed by atoms with Crippen molar-refractivity contribution in [1.29, 1.82) is 0 Å². The van der Waals surface area contributed by atoms with Crippen molar-refractivity contribution in [3.63, 3.8) is 0 Å². The van der Waals surface area contributed by atoms with Gasteiger partial charge < -0.3 is 29.9 Å². The highest BCUT2D eigenvalue weighted by Crippen LogP contribution is 2.37. The number of nitrogens with zero attached hydrogens (tertiary/aromatic N) is 1. The summed E-state index contributed by atoms with van der Waals surface area (Å²) in [7, 11) is 0.985. The SMILES string of the molecule is C=CC=C[C@H](OC)[C@H](C)[C@@H](OC)[C@@H](C)C(=O)N[C@H](C(=O)N[C@@H](Cc1cccc(O[Si](C)(C)C(C)(C)C)c1)C(=O)N1CCC[C@@H](C(=O)NCCC=C)N1)C(C)C. The molecule has 308 valence electrons. The Hall–Kier alpha value is -3.78. The summed E-state index contributed by atoms with van der Waals surface area (Å²) in [4.78, 5) is 55.3. The summed E-state index contributed by atoms with van der Waals surface area (Å²) in [5.41, 5.74) is 3.90. The number of methoxy groups -OCH3 is 2. The van der Waals surface area contributed by atoms with Gasteiger partial charge in [0.25, 0.3) is 5.91 Å². The standard InChI is InChI=1S/C42H69N5O7Si/c1-14-16-23-35(52-10)29(5)37(53-11)30(6)38(48)45-36(28(3)4)40(50)44-34(27-31-20-18-21-32(26-31)54-55(12,13)42(7,8)9)41(51)47-25-19-22-33(46-47)39(49)43-24-17-15-2/h14-16,18,20-21,23,26,28-30,33-37,46H,1-2,17,19,22,24-25,27H2,3-13H3,(H,43,49)(H,44,50)(H,45,48)/t29-,30+,33-,34-,35-,36-,37+/m0/s1. The van der Waals surface area contributed by atoms with Crippen LogP contribution in [0.3, 0.4) is 0 Å². The van der Waals surface area contributed by atoms with Gasteiger partial charge in [0.1, 0.15) is 23.9 Å². The number of benzene rings is 1. The zero-order valence-electron chi connectivity index (χ0n) is 35.2. The summed E-state index contributed by atoms with van der Waals surface area (Å²) in [6.07, 6.45) is 8.12. The third-order valence-corrected chi connectivity index (χ3v) is 15.1. The van der Waals surface area contributed by atoms with E-state index in [0.29, 0.717) is 38.1 Å². The van der Waals surface area contributed by atoms with Crippen LogP contribution < -0.4 is 25.8 Å². The maximum absolute atomic E-state index is 14.4. The predicted octanol–water partition coefficient (Wildman–Crippen LogP) is 5.47. The van der Waals surface area contributed by atoms with E-state index in [9.17, 15) is 19.2 Å². The van der Waals surface area contributed by atoms with Crippen molar-refractivity contribution in [2.45, 2.75) is 123 Å². The Morgan fingerprint density at radius 1 is 1.04 bits per heavy atom. The number of hydrogen-bond donors (Lipinski definition) is 4. The van der Waals surface area contributed by atoms with Gasteiger partial charge in [0.15, 0.2) is 0 Å². The second kappa shape index (κ2) is 22.1. The second-order valence-corrected chi connectivity index (χ2v) is 21.1. The quantitative estimate of drug-likeness (QED) is 0.0556. The number of allylic oxidation sites excluding steroid dienone is 2. The van der Waals surface area contributed by atoms with Crippen LogP contribution in [-0.2, 0) is 35.1 Å². The fraction of sp³-hybridized carbons (Fsp3) is 0.619. The Kier molecular flexibility index (Phi) is 19.0. The number of carbonyl (C=O) groups excluding carboxylic acids is 4. The molecule has 0 aliphatic carbocycles. The van der Waals surface area contributed by atoms with E-state index in [2.05, 4.69) is 68.4 Å². The lowest BCUT2D eigenvalue weighted by molar-refractivity contribution is -0.144. The van der Waals surface area contributed by atoms with Gasteiger partial charge in [-0.05, 0) is 61.0 Å². The number of ether oxygens (including phenoxy) is 2. The molecule has 7 atom stereocenters. The number of carbonyl (C=O) groups is 4. The first-order valence-electron chi connectivity index (χ1n) is 19.5. The monoisotopic (exact) mass is 783 g/mol. The maximum atomic E-state index is 14.4. The molecule has 1 saturated heterocycles. The van der Waals surface area contributed by atoms with Crippen molar-refractivity contribution in [2.75, 3.05) is 27.3 Å². The smallest absolute Gasteiger partial charge is 0.259 e. The molecule has 1 aromatic carbocycles. The van der Waals surface area contributed by atoms with Crippen LogP contribution in [0, 0.1) is 17.8 Å². The van der Waals surface area contributed by atoms with Crippen LogP contribution in [0.25, 0.3) is 0 Å². The molecule has 2 rings (SSSR count). The highest BCUT2D eigenvalue weighted by molar-refractivity contribution is 6.74. The molecule has 1 fully saturated rings. The summed E-state index contributed by atoms with van der Waals surface area (Å²) in [5, 5.41) is 10.2. The third-order valence-electron chi connectivity index (χ3n) is 10.7. The van der Waals surface area contributed by atoms with Crippen molar-refractivity contribution in [2.24, 2.45) is 17.8 Å². The van der Waals surface area contributed by atoms with Gasteiger partial charge in [-0.1, -0.05) is 91.5 Å². The lowest BCUT2D eigenvalue weighted by Gasteiger charge is -2.37. The lowest BCUT2D eigenvalue weighted by atomic mass is 9.87. The lowest BCUT2D eigenvalue weighted by Crippen LogP contribution is -2.63. The Morgan fingerprint density at radius 3 is 2.31 bits per heavy atom. The van der Waals surface area contributed by atoms with Gasteiger partial charge in [0.2, 0.25) is 26.0 Å². The molecule has 0 radical (unpaired) electrons. The van der Waals surface area contributed by atoms with Crippen LogP contribution in [0.4, 0.5) is 0 Å². The van der Waals surface area contributed by atoms with E-state index in [1.807, 2.05) is 51.1 Å². The van der Waals surface area contributed by atoms with Gasteiger partial charge in [-0.3, -0.25) is 24.2 Å². The van der Waals surface area contributed by atoms with Crippen LogP contribution in [-0.4, -0.2) is 94.6 Å². The average Bonchev–Trinajstić information content (AvgIpc) is 3.13. The molecular formula is C42H69N5O7Si. The molecule has 0 unspecified atom stereocenters. The van der Waals surface area contributed by atoms with E-state index in [4.69, 9.17) is 13.9 Å². The molecule has 4 N–H and O–H groups in total. The highest BCUT2D eigenvalue weighted by Gasteiger charge is 2.40. The molecule has 0 spiro atoms. The number of rotatable bonds is 21. The van der Waals surface area contributed by atoms with Crippen molar-refractivity contribution in [1.82, 2.24) is 26.4 Å². The first-order chi connectivity index (χ1) is 25.8. The number of hydrazine groups is 1. The normalized spacial score (nSPS) is 18.4. The summed E-state index contributed by atoms with van der Waals surface area (Å²) in [6.45, 7) is 26.5. The van der Waals surface area contributed by atoms with Crippen molar-refractivity contribution in [3.8, 4) is 5.75 Å². The summed E-state index contributed by atoms with van der Waals surface area (Å²) < 4.78 is 18.0. The van der Waals surface area contributed by atoms with Crippen LogP contribution in [0.2, 0.25) is 18.1 Å². The second-order valence-electron chi connectivity index (χ2n) is 16.4. The van der Waals surface area contributed by atoms with E-state index >= 15 is 0 Å². The van der Waals surface area contributed by atoms with E-state index in [1.165, 1.54) is 5.01 Å². The van der Waals surface area contributed by atoms with E-state index < -0.39 is 44.4 Å². The molecule has 0 bridgehead atoms. The Bertz CT molecular complexity index is 1480. The fourth-order valence-electron chi connectivity index (χ4n) is 6.31. The van der Waals surface area contributed by atoms with Crippen molar-refractivity contribution in [3.05, 3.63) is 67.3 Å². The molecular weight excluding hydrogens is 715 g/mol. The summed E-state index contributed by atoms with van der Waals surface area (Å²) in [6, 6.07) is 5.03. The number of amides is 4. The minimum atomic E-state index is -2.16. The van der Waals surface area contributed by atoms with Gasteiger partial charge >= 0.3 is 0 Å². The molecule has 0 saturated carbocycles. The minimum Gasteiger partial charge on any atom is -0.543 e. The Morgan fingerprint density at radius 2 is 1.73 bits per heavy atom. The first kappa shape index (κ1) is 47.4. The molecule has 1 aliphatic rings. The Labute approximate surface area is 331 Å². The van der Waals surface area contributed by atoms with E-state index in [1.54, 1.807) is 39.4 Å². The molecule has 0 aromatic heterocycles. The zero-order valence-corrected chi connectivity index (χ0v) is 36.2. The molecule has 1 aromatic rings. The molecule has 12 nitrogen and oxygen atoms in total. The third kappa shape index (κ3) is 14.0. The molecule has 1 aliphatic heterocycles. The molecule has 13 heteroatoms. The highest BCUT2D eigenvalue weighted by atomic mass is 28.4. The average molecular weight is 784 g/mol. The maximum Gasteiger partial charge on any atom is 0.259 e. The van der Waals surface area contributed by atoms with Crippen molar-refractivity contribution >= 4 is 31.9 Å². The molecule has 4 amide bonds. The summed E-state index contributed by atoms with van der Waals surface area (Å²) >= 11 is 0. The number of hydrogen-bond acceptors (Lipinski definition) is 8. The number of nitrogens with one attached hydrogen (secondary N) is 4. The van der Waals surface area contributed by atoms with Crippen LogP contribution >= 0.6 is 0 Å². The topological polar surface area (TPSA) is 147 Å². The van der Waals surface area contributed by atoms with Gasteiger partial charge in [0.05, 0.1) is 18.1 Å². The van der Waals surface area contributed by atoms with Gasteiger partial charge in [-0.2, -0.15) is 0 Å². The predicted molar refractivity (Wildman–Crippen MR) is 222 cm³/mol. The van der Waals surface area contributed by atoms with Gasteiger partial charge in [-0.25, -0.2) is 5.43 Å². The van der Waals surface area contributed by atoms with Crippen molar-refractivity contribution < 1.29 is 33.1 Å². The molecule has 55 heavy (non-hydrogen) atoms. The minimum absolute atomic E-state index is 0.0208. The van der Waals surface area contributed by atoms with Crippen LogP contribution in [0.15, 0.2) is 61.7 Å². The van der Waals surface area contributed by atoms with Crippen LogP contribution in [0.5, 0.6) is 5.75 Å². The van der Waals surface area contributed by atoms with Crippen LogP contribution in [0.1, 0.15) is 73.3 Å². The van der Waals surface area contributed by atoms with Gasteiger partial charge in [0, 0.05) is 39.6 Å². The van der Waals surface area contributed by atoms with Gasteiger partial charge in [-0.15, -0.1) is 6.58 Å². The Balaban J connectivity index is 2.41. The largest absolute Gasteiger partial charge is 0.543 e. The first-order valence-corrected chi connectivity index (χ1v) is 22.4. The molecule has 1 heterocycles. The van der Waals surface area contributed by atoms with E-state index in [-0.39, 0.29) is 47.1 Å². The zero-order chi connectivity index (χ0) is 41.5.